The largest absolute Gasteiger partial charge is 0.495 e. The molecular formula is C25H24F2N2O3S2. The van der Waals surface area contributed by atoms with Crippen LogP contribution < -0.4 is 9.46 Å². The molecule has 2 N–H and O–H groups in total. The number of aromatic carboxylic acids is 1. The monoisotopic (exact) mass is 502 g/mol. The van der Waals surface area contributed by atoms with Crippen LogP contribution in [0.4, 0.5) is 14.5 Å². The normalized spacial score (nSPS) is 15.0. The minimum Gasteiger partial charge on any atom is -0.495 e. The molecule has 0 aliphatic heterocycles. The van der Waals surface area contributed by atoms with Crippen LogP contribution in [0.15, 0.2) is 46.8 Å². The summed E-state index contributed by atoms with van der Waals surface area (Å²) >= 11 is 2.49. The average molecular weight is 503 g/mol. The molecule has 2 aromatic carbocycles. The zero-order valence-corrected chi connectivity index (χ0v) is 20.6. The number of carbonyl (C=O) groups is 1. The van der Waals surface area contributed by atoms with E-state index >= 15 is 0 Å². The number of ether oxygens (including phenoxy) is 1. The Kier molecular flexibility index (Phi) is 6.95. The summed E-state index contributed by atoms with van der Waals surface area (Å²) in [6, 6.07) is 7.40. The molecule has 0 fully saturated rings. The second kappa shape index (κ2) is 9.76. The van der Waals surface area contributed by atoms with Gasteiger partial charge in [0.1, 0.15) is 27.4 Å². The van der Waals surface area contributed by atoms with Gasteiger partial charge in [0, 0.05) is 34.5 Å². The molecule has 0 amide bonds. The third-order valence-corrected chi connectivity index (χ3v) is 7.58. The molecule has 9 heteroatoms. The maximum Gasteiger partial charge on any atom is 0.338 e. The van der Waals surface area contributed by atoms with Crippen molar-refractivity contribution in [2.75, 3.05) is 11.8 Å². The van der Waals surface area contributed by atoms with E-state index in [1.807, 2.05) is 12.1 Å². The summed E-state index contributed by atoms with van der Waals surface area (Å²) in [5.74, 6) is -2.31. The van der Waals surface area contributed by atoms with E-state index in [4.69, 9.17) is 9.84 Å². The number of rotatable bonds is 7. The van der Waals surface area contributed by atoms with Gasteiger partial charge in [-0.15, -0.1) is 11.3 Å². The Bertz CT molecular complexity index is 1270. The minimum absolute atomic E-state index is 0.194. The lowest BCUT2D eigenvalue weighted by Gasteiger charge is -2.28. The number of hydrogen-bond acceptors (Lipinski definition) is 6. The number of carboxylic acids is 1. The van der Waals surface area contributed by atoms with Gasteiger partial charge in [-0.2, -0.15) is 0 Å². The molecule has 1 aliphatic rings. The Labute approximate surface area is 205 Å². The first kappa shape index (κ1) is 24.2. The molecule has 0 radical (unpaired) electrons. The Morgan fingerprint density at radius 3 is 2.68 bits per heavy atom. The maximum absolute atomic E-state index is 14.9. The number of hydrogen-bond donors (Lipinski definition) is 2. The van der Waals surface area contributed by atoms with E-state index < -0.39 is 17.3 Å². The van der Waals surface area contributed by atoms with Crippen molar-refractivity contribution in [2.45, 2.75) is 38.1 Å². The summed E-state index contributed by atoms with van der Waals surface area (Å²) < 4.78 is 37.1. The van der Waals surface area contributed by atoms with E-state index in [1.165, 1.54) is 24.5 Å². The Morgan fingerprint density at radius 1 is 1.24 bits per heavy atom. The molecule has 178 valence electrons. The fourth-order valence-electron chi connectivity index (χ4n) is 3.74. The summed E-state index contributed by atoms with van der Waals surface area (Å²) in [6.07, 6.45) is 4.99. The van der Waals surface area contributed by atoms with Crippen LogP contribution in [0.2, 0.25) is 0 Å². The number of aromatic nitrogens is 1. The van der Waals surface area contributed by atoms with Crippen molar-refractivity contribution in [3.63, 3.8) is 0 Å². The van der Waals surface area contributed by atoms with Gasteiger partial charge in [0.25, 0.3) is 0 Å². The summed E-state index contributed by atoms with van der Waals surface area (Å²) in [6.45, 7) is 4.45. The van der Waals surface area contributed by atoms with E-state index in [0.29, 0.717) is 21.2 Å². The summed E-state index contributed by atoms with van der Waals surface area (Å²) in [5.41, 5.74) is 2.45. The molecule has 0 spiro atoms. The predicted octanol–water partition coefficient (Wildman–Crippen LogP) is 7.51. The van der Waals surface area contributed by atoms with Crippen LogP contribution in [0.3, 0.4) is 0 Å². The lowest BCUT2D eigenvalue weighted by atomic mass is 9.77. The quantitative estimate of drug-likeness (QED) is 0.326. The third kappa shape index (κ3) is 5.26. The zero-order valence-electron chi connectivity index (χ0n) is 18.9. The predicted molar refractivity (Wildman–Crippen MR) is 133 cm³/mol. The van der Waals surface area contributed by atoms with Gasteiger partial charge in [0.2, 0.25) is 0 Å². The van der Waals surface area contributed by atoms with Crippen molar-refractivity contribution in [3.05, 3.63) is 64.5 Å². The number of thiazole rings is 1. The van der Waals surface area contributed by atoms with Crippen LogP contribution in [-0.4, -0.2) is 23.2 Å². The zero-order chi connectivity index (χ0) is 24.5. The van der Waals surface area contributed by atoms with E-state index in [2.05, 4.69) is 29.6 Å². The van der Waals surface area contributed by atoms with Crippen molar-refractivity contribution < 1.29 is 23.4 Å². The molecule has 1 aromatic heterocycles. The highest BCUT2D eigenvalue weighted by molar-refractivity contribution is 8.00. The first-order valence-corrected chi connectivity index (χ1v) is 12.3. The summed E-state index contributed by atoms with van der Waals surface area (Å²) in [4.78, 5) is 15.6. The Morgan fingerprint density at radius 2 is 2.03 bits per heavy atom. The van der Waals surface area contributed by atoms with Crippen molar-refractivity contribution in [1.82, 2.24) is 4.98 Å². The topological polar surface area (TPSA) is 71.5 Å². The van der Waals surface area contributed by atoms with E-state index in [1.54, 1.807) is 5.38 Å². The van der Waals surface area contributed by atoms with Gasteiger partial charge in [-0.25, -0.2) is 18.6 Å². The van der Waals surface area contributed by atoms with Crippen LogP contribution in [0.5, 0.6) is 5.75 Å². The second-order valence-electron chi connectivity index (χ2n) is 8.82. The van der Waals surface area contributed by atoms with Gasteiger partial charge in [0.15, 0.2) is 0 Å². The van der Waals surface area contributed by atoms with E-state index in [-0.39, 0.29) is 22.7 Å². The number of anilines is 1. The molecule has 34 heavy (non-hydrogen) atoms. The van der Waals surface area contributed by atoms with E-state index in [0.717, 1.165) is 48.9 Å². The van der Waals surface area contributed by atoms with Gasteiger partial charge >= 0.3 is 5.97 Å². The van der Waals surface area contributed by atoms with Gasteiger partial charge in [0.05, 0.1) is 18.4 Å². The van der Waals surface area contributed by atoms with Gasteiger partial charge in [-0.3, -0.25) is 0 Å². The number of methoxy groups -OCH3 is 1. The number of benzene rings is 2. The van der Waals surface area contributed by atoms with Crippen molar-refractivity contribution in [2.24, 2.45) is 5.41 Å². The molecule has 3 aromatic rings. The first-order chi connectivity index (χ1) is 16.2. The molecule has 0 saturated heterocycles. The number of carboxylic acid groups (broad SMARTS) is 1. The minimum atomic E-state index is -1.37. The first-order valence-electron chi connectivity index (χ1n) is 10.7. The van der Waals surface area contributed by atoms with Crippen LogP contribution in [0.1, 0.15) is 49.0 Å². The molecule has 4 rings (SSSR count). The van der Waals surface area contributed by atoms with Crippen molar-refractivity contribution >= 4 is 40.5 Å². The number of nitrogens with one attached hydrogen (secondary N) is 1. The maximum atomic E-state index is 14.9. The molecule has 1 aliphatic carbocycles. The van der Waals surface area contributed by atoms with Crippen LogP contribution in [-0.2, 0) is 0 Å². The molecule has 0 atom stereocenters. The van der Waals surface area contributed by atoms with Crippen LogP contribution >= 0.6 is 23.3 Å². The van der Waals surface area contributed by atoms with Crippen molar-refractivity contribution in [1.29, 1.82) is 0 Å². The lowest BCUT2D eigenvalue weighted by Crippen LogP contribution is -2.14. The molecule has 0 unspecified atom stereocenters. The standard InChI is InChI=1S/C25H24F2N2O3S2/c1-25(2)8-6-14(7-9-25)16-5-4-15(10-18(16)26)23-28-22(13-33-23)34-29-20-12-19(27)17(24(30)31)11-21(20)32-3/h4-6,10-13,29H,7-9H2,1-3H3,(H,30,31). The van der Waals surface area contributed by atoms with Gasteiger partial charge < -0.3 is 14.6 Å². The SMILES string of the molecule is COc1cc(C(=O)O)c(F)cc1NSc1csc(-c2ccc(C3=CCC(C)(C)CC3)c(F)c2)n1. The molecular weight excluding hydrogens is 478 g/mol. The van der Waals surface area contributed by atoms with Crippen LogP contribution in [0.25, 0.3) is 16.1 Å². The summed E-state index contributed by atoms with van der Waals surface area (Å²) in [5, 5.41) is 12.1. The smallest absolute Gasteiger partial charge is 0.338 e. The van der Waals surface area contributed by atoms with Crippen LogP contribution in [0, 0.1) is 17.0 Å². The summed E-state index contributed by atoms with van der Waals surface area (Å²) in [7, 11) is 1.37. The average Bonchev–Trinajstić information content (AvgIpc) is 3.27. The Hall–Kier alpha value is -2.91. The molecule has 0 saturated carbocycles. The second-order valence-corrected chi connectivity index (χ2v) is 10.5. The highest BCUT2D eigenvalue weighted by atomic mass is 32.2. The number of nitrogens with zero attached hydrogens (tertiary/aromatic N) is 1. The number of halogens is 2. The number of allylic oxidation sites excluding steroid dienone is 2. The molecule has 0 bridgehead atoms. The van der Waals surface area contributed by atoms with Crippen molar-refractivity contribution in [3.8, 4) is 16.3 Å². The molecule has 1 heterocycles. The highest BCUT2D eigenvalue weighted by Crippen LogP contribution is 2.39. The fourth-order valence-corrected chi connectivity index (χ4v) is 5.33. The Balaban J connectivity index is 1.48. The molecule has 5 nitrogen and oxygen atoms in total. The van der Waals surface area contributed by atoms with Gasteiger partial charge in [-0.05, 0) is 42.4 Å². The highest BCUT2D eigenvalue weighted by Gasteiger charge is 2.23. The van der Waals surface area contributed by atoms with Gasteiger partial charge in [-0.1, -0.05) is 32.1 Å². The third-order valence-electron chi connectivity index (χ3n) is 5.80. The fraction of sp³-hybridized carbons (Fsp3) is 0.280. The lowest BCUT2D eigenvalue weighted by molar-refractivity contribution is 0.0691. The van der Waals surface area contributed by atoms with E-state index in [9.17, 15) is 13.6 Å².